The number of carbonyl (C=O) groups excluding carboxylic acids is 2. The molecule has 0 aliphatic carbocycles. The lowest BCUT2D eigenvalue weighted by molar-refractivity contribution is -0.119. The second kappa shape index (κ2) is 7.34. The summed E-state index contributed by atoms with van der Waals surface area (Å²) in [6.07, 6.45) is 0. The zero-order valence-corrected chi connectivity index (χ0v) is 11.8. The van der Waals surface area contributed by atoms with Gasteiger partial charge < -0.3 is 24.3 Å². The van der Waals surface area contributed by atoms with Crippen LogP contribution in [-0.4, -0.2) is 46.9 Å². The van der Waals surface area contributed by atoms with Crippen LogP contribution >= 0.6 is 0 Å². The third kappa shape index (κ3) is 3.61. The summed E-state index contributed by atoms with van der Waals surface area (Å²) in [4.78, 5) is 23.3. The number of nitrogens with one attached hydrogen (secondary N) is 1. The van der Waals surface area contributed by atoms with Gasteiger partial charge in [-0.25, -0.2) is 4.79 Å². The highest BCUT2D eigenvalue weighted by molar-refractivity contribution is 6.02. The Bertz CT molecular complexity index is 500. The van der Waals surface area contributed by atoms with Crippen LogP contribution in [0, 0.1) is 0 Å². The molecule has 7 heteroatoms. The topological polar surface area (TPSA) is 83.1 Å². The van der Waals surface area contributed by atoms with Crippen molar-refractivity contribution in [2.45, 2.75) is 0 Å². The lowest BCUT2D eigenvalue weighted by atomic mass is 10.1. The Morgan fingerprint density at radius 3 is 2.15 bits per heavy atom. The van der Waals surface area contributed by atoms with Gasteiger partial charge in [0, 0.05) is 19.2 Å². The first-order chi connectivity index (χ1) is 9.57. The van der Waals surface area contributed by atoms with Crippen LogP contribution < -0.4 is 14.8 Å². The molecule has 20 heavy (non-hydrogen) atoms. The van der Waals surface area contributed by atoms with Crippen LogP contribution in [0.15, 0.2) is 12.1 Å². The average molecular weight is 283 g/mol. The van der Waals surface area contributed by atoms with E-state index < -0.39 is 11.9 Å². The molecule has 1 amide bonds. The normalized spacial score (nSPS) is 9.80. The lowest BCUT2D eigenvalue weighted by Gasteiger charge is -2.14. The maximum absolute atomic E-state index is 11.7. The molecule has 0 fully saturated rings. The van der Waals surface area contributed by atoms with E-state index >= 15 is 0 Å². The molecule has 1 aromatic rings. The Morgan fingerprint density at radius 2 is 1.65 bits per heavy atom. The molecule has 0 unspecified atom stereocenters. The minimum absolute atomic E-state index is 0.130. The molecule has 110 valence electrons. The van der Waals surface area contributed by atoms with Crippen molar-refractivity contribution in [2.24, 2.45) is 0 Å². The van der Waals surface area contributed by atoms with Gasteiger partial charge in [0.1, 0.15) is 6.61 Å². The first-order valence-corrected chi connectivity index (χ1v) is 5.70. The number of benzene rings is 1. The van der Waals surface area contributed by atoms with Crippen LogP contribution in [0.3, 0.4) is 0 Å². The van der Waals surface area contributed by atoms with Crippen LogP contribution in [0.2, 0.25) is 0 Å². The van der Waals surface area contributed by atoms with Gasteiger partial charge in [0.05, 0.1) is 32.6 Å². The highest BCUT2D eigenvalue weighted by Gasteiger charge is 2.18. The van der Waals surface area contributed by atoms with E-state index in [4.69, 9.17) is 14.2 Å². The van der Waals surface area contributed by atoms with E-state index in [1.165, 1.54) is 40.6 Å². The molecule has 0 heterocycles. The predicted molar refractivity (Wildman–Crippen MR) is 71.4 cm³/mol. The van der Waals surface area contributed by atoms with Crippen LogP contribution in [0.4, 0.5) is 5.69 Å². The van der Waals surface area contributed by atoms with Gasteiger partial charge in [-0.05, 0) is 0 Å². The van der Waals surface area contributed by atoms with Crippen molar-refractivity contribution in [3.8, 4) is 11.5 Å². The maximum atomic E-state index is 11.7. The Hall–Kier alpha value is -2.28. The number of esters is 1. The van der Waals surface area contributed by atoms with E-state index in [1.54, 1.807) is 0 Å². The van der Waals surface area contributed by atoms with Crippen molar-refractivity contribution < 1.29 is 28.5 Å². The molecule has 0 saturated carbocycles. The van der Waals surface area contributed by atoms with Gasteiger partial charge in [0.15, 0.2) is 11.5 Å². The van der Waals surface area contributed by atoms with Crippen molar-refractivity contribution in [1.29, 1.82) is 0 Å². The Labute approximate surface area is 116 Å². The van der Waals surface area contributed by atoms with Gasteiger partial charge >= 0.3 is 5.97 Å². The standard InChI is InChI=1S/C13H17NO6/c1-17-7-12(15)14-9-6-11(19-3)10(18-2)5-8(9)13(16)20-4/h5-6H,7H2,1-4H3,(H,14,15). The first kappa shape index (κ1) is 15.8. The number of methoxy groups -OCH3 is 4. The molecule has 0 aliphatic heterocycles. The summed E-state index contributed by atoms with van der Waals surface area (Å²) in [6, 6.07) is 2.92. The fourth-order valence-electron chi connectivity index (χ4n) is 1.58. The molecule has 1 N–H and O–H groups in total. The lowest BCUT2D eigenvalue weighted by Crippen LogP contribution is -2.19. The van der Waals surface area contributed by atoms with E-state index in [1.807, 2.05) is 0 Å². The summed E-state index contributed by atoms with van der Waals surface area (Å²) in [7, 11) is 5.55. The fourth-order valence-corrected chi connectivity index (χ4v) is 1.58. The summed E-state index contributed by atoms with van der Waals surface area (Å²) >= 11 is 0. The molecular weight excluding hydrogens is 266 g/mol. The number of anilines is 1. The zero-order valence-electron chi connectivity index (χ0n) is 11.8. The molecule has 1 aromatic carbocycles. The third-order valence-electron chi connectivity index (χ3n) is 2.48. The molecule has 1 rings (SSSR count). The van der Waals surface area contributed by atoms with Gasteiger partial charge in [-0.2, -0.15) is 0 Å². The van der Waals surface area contributed by atoms with E-state index in [0.717, 1.165) is 0 Å². The van der Waals surface area contributed by atoms with Gasteiger partial charge in [-0.1, -0.05) is 0 Å². The molecule has 7 nitrogen and oxygen atoms in total. The van der Waals surface area contributed by atoms with Crippen molar-refractivity contribution in [3.05, 3.63) is 17.7 Å². The SMILES string of the molecule is COCC(=O)Nc1cc(OC)c(OC)cc1C(=O)OC. The van der Waals surface area contributed by atoms with E-state index in [9.17, 15) is 9.59 Å². The quantitative estimate of drug-likeness (QED) is 0.786. The number of hydrogen-bond donors (Lipinski definition) is 1. The van der Waals surface area contributed by atoms with Gasteiger partial charge in [0.2, 0.25) is 5.91 Å². The van der Waals surface area contributed by atoms with Crippen LogP contribution in [0.5, 0.6) is 11.5 Å². The fraction of sp³-hybridized carbons (Fsp3) is 0.385. The maximum Gasteiger partial charge on any atom is 0.340 e. The molecule has 0 aliphatic rings. The number of rotatable bonds is 6. The van der Waals surface area contributed by atoms with Gasteiger partial charge in [-0.3, -0.25) is 4.79 Å². The second-order valence-corrected chi connectivity index (χ2v) is 3.73. The monoisotopic (exact) mass is 283 g/mol. The van der Waals surface area contributed by atoms with Crippen molar-refractivity contribution in [3.63, 3.8) is 0 Å². The van der Waals surface area contributed by atoms with Crippen LogP contribution in [0.25, 0.3) is 0 Å². The van der Waals surface area contributed by atoms with Crippen LogP contribution in [-0.2, 0) is 14.3 Å². The Morgan fingerprint density at radius 1 is 1.05 bits per heavy atom. The smallest absolute Gasteiger partial charge is 0.340 e. The number of amides is 1. The number of ether oxygens (including phenoxy) is 4. The first-order valence-electron chi connectivity index (χ1n) is 5.70. The average Bonchev–Trinajstić information content (AvgIpc) is 2.46. The van der Waals surface area contributed by atoms with Gasteiger partial charge in [-0.15, -0.1) is 0 Å². The van der Waals surface area contributed by atoms with Crippen molar-refractivity contribution >= 4 is 17.6 Å². The summed E-state index contributed by atoms with van der Waals surface area (Å²) < 4.78 is 19.6. The second-order valence-electron chi connectivity index (χ2n) is 3.73. The van der Waals surface area contributed by atoms with Crippen molar-refractivity contribution in [1.82, 2.24) is 0 Å². The minimum Gasteiger partial charge on any atom is -0.493 e. The molecule has 0 saturated heterocycles. The van der Waals surface area contributed by atoms with Gasteiger partial charge in [0.25, 0.3) is 0 Å². The molecule has 0 bridgehead atoms. The van der Waals surface area contributed by atoms with E-state index in [2.05, 4.69) is 10.1 Å². The molecule has 0 atom stereocenters. The van der Waals surface area contributed by atoms with E-state index in [-0.39, 0.29) is 17.9 Å². The third-order valence-corrected chi connectivity index (χ3v) is 2.48. The summed E-state index contributed by atoms with van der Waals surface area (Å²) in [6.45, 7) is -0.130. The highest BCUT2D eigenvalue weighted by Crippen LogP contribution is 2.33. The summed E-state index contributed by atoms with van der Waals surface area (Å²) in [5, 5.41) is 2.55. The Kier molecular flexibility index (Phi) is 5.79. The Balaban J connectivity index is 3.23. The molecule has 0 spiro atoms. The van der Waals surface area contributed by atoms with Crippen LogP contribution in [0.1, 0.15) is 10.4 Å². The zero-order chi connectivity index (χ0) is 15.1. The minimum atomic E-state index is -0.598. The largest absolute Gasteiger partial charge is 0.493 e. The summed E-state index contributed by atoms with van der Waals surface area (Å²) in [5.74, 6) is -0.256. The number of hydrogen-bond acceptors (Lipinski definition) is 6. The molecule has 0 radical (unpaired) electrons. The van der Waals surface area contributed by atoms with Crippen molar-refractivity contribution in [2.75, 3.05) is 40.4 Å². The number of carbonyl (C=O) groups is 2. The summed E-state index contributed by atoms with van der Waals surface area (Å²) in [5.41, 5.74) is 0.422. The molecule has 0 aromatic heterocycles. The molecular formula is C13H17NO6. The highest BCUT2D eigenvalue weighted by atomic mass is 16.5. The predicted octanol–water partition coefficient (Wildman–Crippen LogP) is 1.08. The van der Waals surface area contributed by atoms with E-state index in [0.29, 0.717) is 11.5 Å².